The average Bonchev–Trinajstić information content (AvgIpc) is 3.06. The quantitative estimate of drug-likeness (QED) is 0.112. The third-order valence-corrected chi connectivity index (χ3v) is 10.4. The summed E-state index contributed by atoms with van der Waals surface area (Å²) in [4.78, 5) is 37.3. The van der Waals surface area contributed by atoms with Crippen LogP contribution in [-0.4, -0.2) is 124 Å². The number of aliphatic hydroxyl groups is 5. The number of benzene rings is 2. The molecule has 0 aromatic heterocycles. The Balaban J connectivity index is 1.53. The van der Waals surface area contributed by atoms with Crippen molar-refractivity contribution in [2.45, 2.75) is 81.4 Å². The standard InChI is InChI=1S/C31H41N2O13P/c1-17(36)32-25-22(13-19(38)16-43-47(42,20-9-5-3-6-10-20)21-11-7-4-8-12-21)44-24(15-35)30(29(25)41)46-31-26(33-18(2)37)28(40)27(39)23(14-34)45-31/h3-12,22-31,34-35,39-41H,13-16H2,1-2H3,(H,32,36)(H,33,37)/t22-,23+,24+,25-,26+,27+,28+,29+,30+,31-/m0/s1. The number of carbonyl (C=O) groups excluding carboxylic acids is 3. The van der Waals surface area contributed by atoms with Gasteiger partial charge in [0.1, 0.15) is 49.3 Å². The number of nitrogens with one attached hydrogen (secondary N) is 2. The van der Waals surface area contributed by atoms with Gasteiger partial charge in [0.15, 0.2) is 12.1 Å². The lowest BCUT2D eigenvalue weighted by molar-refractivity contribution is -0.314. The first kappa shape index (κ1) is 36.8. The molecule has 0 aliphatic carbocycles. The molecule has 15 nitrogen and oxygen atoms in total. The van der Waals surface area contributed by atoms with E-state index in [4.69, 9.17) is 18.7 Å². The van der Waals surface area contributed by atoms with E-state index in [2.05, 4.69) is 10.6 Å². The molecule has 0 spiro atoms. The Morgan fingerprint density at radius 3 is 1.79 bits per heavy atom. The molecule has 4 rings (SSSR count). The van der Waals surface area contributed by atoms with Crippen LogP contribution >= 0.6 is 7.37 Å². The SMILES string of the molecule is CC(=O)N[C@@H]1[C@@H](O)[C@H](O[C@@H]2O[C@H](CO)[C@@H](O)[C@H](O)[C@H]2NC(C)=O)[C@@H](CO)O[C@H]1CC(=O)COP(=O)(c1ccccc1)c1ccccc1. The van der Waals surface area contributed by atoms with Crippen LogP contribution < -0.4 is 21.2 Å². The van der Waals surface area contributed by atoms with Crippen molar-refractivity contribution >= 4 is 35.6 Å². The molecule has 2 aromatic rings. The highest BCUT2D eigenvalue weighted by molar-refractivity contribution is 7.74. The molecule has 258 valence electrons. The molecule has 2 saturated heterocycles. The van der Waals surface area contributed by atoms with Gasteiger partial charge in [-0.3, -0.25) is 18.9 Å². The zero-order valence-corrected chi connectivity index (χ0v) is 26.7. The predicted octanol–water partition coefficient (Wildman–Crippen LogP) is -2.15. The Hall–Kier alpha value is -3.08. The van der Waals surface area contributed by atoms with Crippen molar-refractivity contribution in [2.24, 2.45) is 0 Å². The Bertz CT molecular complexity index is 1360. The summed E-state index contributed by atoms with van der Waals surface area (Å²) < 4.78 is 37.4. The molecule has 2 aromatic carbocycles. The molecule has 7 N–H and O–H groups in total. The van der Waals surface area contributed by atoms with Gasteiger partial charge < -0.3 is 54.9 Å². The van der Waals surface area contributed by atoms with E-state index in [0.717, 1.165) is 6.92 Å². The molecule has 2 amide bonds. The molecular formula is C31H41N2O13P. The molecule has 2 aliphatic rings. The second kappa shape index (κ2) is 16.3. The first-order valence-electron chi connectivity index (χ1n) is 15.0. The van der Waals surface area contributed by atoms with Crippen LogP contribution in [0.5, 0.6) is 0 Å². The molecule has 2 aliphatic heterocycles. The Morgan fingerprint density at radius 1 is 0.745 bits per heavy atom. The van der Waals surface area contributed by atoms with E-state index in [1.165, 1.54) is 6.92 Å². The van der Waals surface area contributed by atoms with Gasteiger partial charge in [-0.1, -0.05) is 36.4 Å². The normalized spacial score (nSPS) is 31.1. The topological polar surface area (TPSA) is 230 Å². The molecule has 2 heterocycles. The van der Waals surface area contributed by atoms with Gasteiger partial charge in [-0.15, -0.1) is 0 Å². The summed E-state index contributed by atoms with van der Waals surface area (Å²) in [5.41, 5.74) is 0. The third kappa shape index (κ3) is 8.69. The number of hydrogen-bond acceptors (Lipinski definition) is 13. The first-order chi connectivity index (χ1) is 22.4. The van der Waals surface area contributed by atoms with Crippen molar-refractivity contribution in [3.8, 4) is 0 Å². The number of amides is 2. The molecule has 0 unspecified atom stereocenters. The molecule has 0 radical (unpaired) electrons. The predicted molar refractivity (Wildman–Crippen MR) is 165 cm³/mol. The second-order valence-corrected chi connectivity index (χ2v) is 13.8. The molecular weight excluding hydrogens is 639 g/mol. The fourth-order valence-electron chi connectivity index (χ4n) is 5.67. The van der Waals surface area contributed by atoms with E-state index < -0.39 is 112 Å². The van der Waals surface area contributed by atoms with E-state index in [9.17, 15) is 44.5 Å². The average molecular weight is 681 g/mol. The minimum Gasteiger partial charge on any atom is -0.394 e. The number of ether oxygens (including phenoxy) is 3. The van der Waals surface area contributed by atoms with Gasteiger partial charge >= 0.3 is 0 Å². The van der Waals surface area contributed by atoms with Gasteiger partial charge in [0.2, 0.25) is 11.8 Å². The minimum atomic E-state index is -3.70. The summed E-state index contributed by atoms with van der Waals surface area (Å²) in [6.07, 6.45) is -12.2. The highest BCUT2D eigenvalue weighted by Crippen LogP contribution is 2.44. The maximum atomic E-state index is 14.1. The van der Waals surface area contributed by atoms with Crippen LogP contribution in [0, 0.1) is 0 Å². The Kier molecular flexibility index (Phi) is 12.8. The number of hydrogen-bond donors (Lipinski definition) is 7. The number of aliphatic hydroxyl groups excluding tert-OH is 5. The van der Waals surface area contributed by atoms with Crippen molar-refractivity contribution in [3.63, 3.8) is 0 Å². The lowest BCUT2D eigenvalue weighted by Crippen LogP contribution is -2.69. The molecule has 10 atom stereocenters. The molecule has 16 heteroatoms. The number of Topliss-reactive ketones (excluding diaryl/α,β-unsaturated/α-hetero) is 1. The summed E-state index contributed by atoms with van der Waals surface area (Å²) >= 11 is 0. The summed E-state index contributed by atoms with van der Waals surface area (Å²) in [6.45, 7) is 0.267. The lowest BCUT2D eigenvalue weighted by atomic mass is 9.89. The van der Waals surface area contributed by atoms with Crippen molar-refractivity contribution < 1.29 is 63.2 Å². The van der Waals surface area contributed by atoms with Crippen LogP contribution in [0.2, 0.25) is 0 Å². The smallest absolute Gasteiger partial charge is 0.261 e. The largest absolute Gasteiger partial charge is 0.394 e. The van der Waals surface area contributed by atoms with Crippen molar-refractivity contribution in [3.05, 3.63) is 60.7 Å². The van der Waals surface area contributed by atoms with Crippen molar-refractivity contribution in [1.82, 2.24) is 10.6 Å². The van der Waals surface area contributed by atoms with E-state index in [-0.39, 0.29) is 0 Å². The van der Waals surface area contributed by atoms with E-state index in [1.54, 1.807) is 60.7 Å². The Labute approximate surface area is 271 Å². The van der Waals surface area contributed by atoms with Crippen molar-refractivity contribution in [1.29, 1.82) is 0 Å². The van der Waals surface area contributed by atoms with E-state index in [0.29, 0.717) is 10.6 Å². The van der Waals surface area contributed by atoms with Gasteiger partial charge in [-0.05, 0) is 24.3 Å². The molecule has 2 fully saturated rings. The zero-order valence-electron chi connectivity index (χ0n) is 25.8. The van der Waals surface area contributed by atoms with Crippen LogP contribution in [0.15, 0.2) is 60.7 Å². The van der Waals surface area contributed by atoms with Crippen LogP contribution in [0.1, 0.15) is 20.3 Å². The van der Waals surface area contributed by atoms with Crippen LogP contribution in [0.25, 0.3) is 0 Å². The van der Waals surface area contributed by atoms with E-state index >= 15 is 0 Å². The highest BCUT2D eigenvalue weighted by atomic mass is 31.2. The number of carbonyl (C=O) groups is 3. The van der Waals surface area contributed by atoms with Gasteiger partial charge in [0, 0.05) is 30.9 Å². The second-order valence-electron chi connectivity index (χ2n) is 11.4. The summed E-state index contributed by atoms with van der Waals surface area (Å²) in [5.74, 6) is -1.78. The van der Waals surface area contributed by atoms with Crippen molar-refractivity contribution in [2.75, 3.05) is 19.8 Å². The minimum absolute atomic E-state index is 0.378. The van der Waals surface area contributed by atoms with Gasteiger partial charge in [0.25, 0.3) is 7.37 Å². The fraction of sp³-hybridized carbons (Fsp3) is 0.516. The Morgan fingerprint density at radius 2 is 1.28 bits per heavy atom. The van der Waals surface area contributed by atoms with Gasteiger partial charge in [-0.2, -0.15) is 0 Å². The maximum Gasteiger partial charge on any atom is 0.261 e. The van der Waals surface area contributed by atoms with Crippen LogP contribution in [0.3, 0.4) is 0 Å². The number of rotatable bonds is 13. The molecule has 0 bridgehead atoms. The zero-order chi connectivity index (χ0) is 34.3. The first-order valence-corrected chi connectivity index (χ1v) is 16.7. The summed E-state index contributed by atoms with van der Waals surface area (Å²) in [6, 6.07) is 14.2. The fourth-order valence-corrected chi connectivity index (χ4v) is 7.72. The van der Waals surface area contributed by atoms with Gasteiger partial charge in [-0.25, -0.2) is 0 Å². The van der Waals surface area contributed by atoms with Crippen LogP contribution in [0.4, 0.5) is 0 Å². The third-order valence-electron chi connectivity index (χ3n) is 7.94. The summed E-state index contributed by atoms with van der Waals surface area (Å²) in [7, 11) is -3.70. The monoisotopic (exact) mass is 680 g/mol. The maximum absolute atomic E-state index is 14.1. The van der Waals surface area contributed by atoms with Gasteiger partial charge in [0.05, 0.1) is 25.4 Å². The van der Waals surface area contributed by atoms with Crippen LogP contribution in [-0.2, 0) is 37.7 Å². The van der Waals surface area contributed by atoms with E-state index in [1.807, 2.05) is 0 Å². The lowest BCUT2D eigenvalue weighted by Gasteiger charge is -2.48. The molecule has 47 heavy (non-hydrogen) atoms. The number of ketones is 1. The highest BCUT2D eigenvalue weighted by Gasteiger charge is 2.51. The summed E-state index contributed by atoms with van der Waals surface area (Å²) in [5, 5.41) is 57.9. The molecule has 0 saturated carbocycles.